The minimum absolute atomic E-state index is 0.0311. The highest BCUT2D eigenvalue weighted by Crippen LogP contribution is 2.40. The van der Waals surface area contributed by atoms with Gasteiger partial charge in [0.05, 0.1) is 39.7 Å². The number of anilines is 1. The maximum absolute atomic E-state index is 14.4. The van der Waals surface area contributed by atoms with Gasteiger partial charge in [0.25, 0.3) is 0 Å². The van der Waals surface area contributed by atoms with Gasteiger partial charge in [0.15, 0.2) is 23.1 Å². The molecule has 3 aromatic carbocycles. The van der Waals surface area contributed by atoms with Gasteiger partial charge in [-0.05, 0) is 66.0 Å². The lowest BCUT2D eigenvalue weighted by Crippen LogP contribution is -2.04. The summed E-state index contributed by atoms with van der Waals surface area (Å²) in [5.74, 6) is 0.772. The maximum atomic E-state index is 14.4. The van der Waals surface area contributed by atoms with Crippen LogP contribution in [0.2, 0.25) is 0 Å². The normalized spacial score (nSPS) is 11.4. The van der Waals surface area contributed by atoms with E-state index in [9.17, 15) is 17.6 Å². The van der Waals surface area contributed by atoms with E-state index < -0.39 is 17.6 Å². The Morgan fingerprint density at radius 1 is 0.771 bits per heavy atom. The van der Waals surface area contributed by atoms with Gasteiger partial charge in [-0.25, -0.2) is 4.39 Å². The quantitative estimate of drug-likeness (QED) is 0.188. The van der Waals surface area contributed by atoms with Crippen LogP contribution in [-0.4, -0.2) is 28.4 Å². The molecule has 0 amide bonds. The highest BCUT2D eigenvalue weighted by Gasteiger charge is 2.30. The van der Waals surface area contributed by atoms with Crippen molar-refractivity contribution in [2.75, 3.05) is 33.2 Å². The number of rotatable bonds is 9. The molecule has 10 heteroatoms. The molecule has 0 aliphatic carbocycles. The first-order valence-corrected chi connectivity index (χ1v) is 11.0. The van der Waals surface area contributed by atoms with Crippen LogP contribution in [0.4, 0.5) is 23.2 Å². The molecule has 0 bridgehead atoms. The molecule has 0 unspecified atom stereocenters. The van der Waals surface area contributed by atoms with E-state index in [4.69, 9.17) is 18.9 Å². The predicted octanol–water partition coefficient (Wildman–Crippen LogP) is 7.17. The Morgan fingerprint density at radius 2 is 1.37 bits per heavy atom. The Bertz CT molecular complexity index is 1170. The number of alkyl halides is 3. The number of halogens is 4. The molecule has 5 nitrogen and oxygen atoms in total. The molecule has 0 aliphatic heterocycles. The maximum Gasteiger partial charge on any atom is 0.416 e. The summed E-state index contributed by atoms with van der Waals surface area (Å²) < 4.78 is 77.2. The second-order valence-corrected chi connectivity index (χ2v) is 7.94. The number of nitrogens with one attached hydrogen (secondary N) is 1. The molecule has 186 valence electrons. The molecule has 0 heterocycles. The van der Waals surface area contributed by atoms with Crippen molar-refractivity contribution >= 4 is 29.8 Å². The topological polar surface area (TPSA) is 49.0 Å². The summed E-state index contributed by atoms with van der Waals surface area (Å²) in [5, 5.41) is 0. The Labute approximate surface area is 204 Å². The zero-order valence-corrected chi connectivity index (χ0v) is 20.1. The van der Waals surface area contributed by atoms with E-state index >= 15 is 0 Å². The van der Waals surface area contributed by atoms with Gasteiger partial charge in [0, 0.05) is 10.5 Å². The van der Waals surface area contributed by atoms with Crippen molar-refractivity contribution < 1.29 is 36.5 Å². The molecule has 0 radical (unpaired) electrons. The third-order valence-electron chi connectivity index (χ3n) is 4.94. The van der Waals surface area contributed by atoms with E-state index in [1.807, 2.05) is 0 Å². The molecular formula is C25H23F4NO4S. The van der Waals surface area contributed by atoms with Gasteiger partial charge in [-0.3, -0.25) is 0 Å². The van der Waals surface area contributed by atoms with Crippen LogP contribution < -0.4 is 23.7 Å². The zero-order chi connectivity index (χ0) is 25.6. The molecule has 35 heavy (non-hydrogen) atoms. The lowest BCUT2D eigenvalue weighted by Gasteiger charge is -2.15. The molecule has 0 spiro atoms. The van der Waals surface area contributed by atoms with Crippen LogP contribution in [0.3, 0.4) is 0 Å². The molecule has 3 rings (SSSR count). The van der Waals surface area contributed by atoms with Crippen molar-refractivity contribution in [1.82, 2.24) is 0 Å². The minimum atomic E-state index is -4.42. The number of hydrogen-bond donors (Lipinski definition) is 1. The van der Waals surface area contributed by atoms with Gasteiger partial charge in [-0.2, -0.15) is 13.2 Å². The fraction of sp³-hybridized carbons (Fsp3) is 0.200. The van der Waals surface area contributed by atoms with Crippen LogP contribution in [0.25, 0.3) is 12.2 Å². The summed E-state index contributed by atoms with van der Waals surface area (Å²) in [4.78, 5) is 0.504. The smallest absolute Gasteiger partial charge is 0.416 e. The van der Waals surface area contributed by atoms with Crippen molar-refractivity contribution in [3.05, 3.63) is 71.0 Å². The molecule has 0 aromatic heterocycles. The third kappa shape index (κ3) is 6.13. The van der Waals surface area contributed by atoms with E-state index in [-0.39, 0.29) is 5.75 Å². The van der Waals surface area contributed by atoms with Crippen molar-refractivity contribution in [1.29, 1.82) is 0 Å². The molecular weight excluding hydrogens is 486 g/mol. The van der Waals surface area contributed by atoms with Gasteiger partial charge < -0.3 is 23.7 Å². The first kappa shape index (κ1) is 26.1. The van der Waals surface area contributed by atoms with Crippen molar-refractivity contribution in [2.45, 2.75) is 11.1 Å². The molecule has 0 fully saturated rings. The monoisotopic (exact) mass is 509 g/mol. The average Bonchev–Trinajstić information content (AvgIpc) is 2.85. The summed E-state index contributed by atoms with van der Waals surface area (Å²) in [6, 6.07) is 11.0. The Kier molecular flexibility index (Phi) is 8.39. The van der Waals surface area contributed by atoms with E-state index in [0.717, 1.165) is 29.6 Å². The molecule has 3 aromatic rings. The van der Waals surface area contributed by atoms with Gasteiger partial charge in [-0.15, -0.1) is 0 Å². The van der Waals surface area contributed by atoms with Crippen molar-refractivity contribution in [2.24, 2.45) is 0 Å². The molecule has 0 atom stereocenters. The number of ether oxygens (including phenoxy) is 4. The number of hydrogen-bond acceptors (Lipinski definition) is 6. The summed E-state index contributed by atoms with van der Waals surface area (Å²) in [7, 11) is 5.86. The second-order valence-electron chi connectivity index (χ2n) is 7.06. The first-order valence-electron chi connectivity index (χ1n) is 10.2. The van der Waals surface area contributed by atoms with Crippen LogP contribution >= 0.6 is 11.9 Å². The minimum Gasteiger partial charge on any atom is -0.493 e. The van der Waals surface area contributed by atoms with Gasteiger partial charge >= 0.3 is 6.18 Å². The molecule has 1 N–H and O–H groups in total. The first-order chi connectivity index (χ1) is 16.7. The summed E-state index contributed by atoms with van der Waals surface area (Å²) >= 11 is 1.03. The molecule has 0 aliphatic rings. The highest BCUT2D eigenvalue weighted by molar-refractivity contribution is 8.00. The largest absolute Gasteiger partial charge is 0.493 e. The van der Waals surface area contributed by atoms with Gasteiger partial charge in [-0.1, -0.05) is 12.2 Å². The summed E-state index contributed by atoms with van der Waals surface area (Å²) in [5.41, 5.74) is 0.876. The van der Waals surface area contributed by atoms with Crippen molar-refractivity contribution in [3.63, 3.8) is 0 Å². The van der Waals surface area contributed by atoms with E-state index in [2.05, 4.69) is 4.72 Å². The molecule has 0 saturated carbocycles. The third-order valence-corrected chi connectivity index (χ3v) is 5.76. The van der Waals surface area contributed by atoms with Crippen molar-refractivity contribution in [3.8, 4) is 23.0 Å². The van der Waals surface area contributed by atoms with Crippen LogP contribution in [-0.2, 0) is 6.18 Å². The summed E-state index contributed by atoms with van der Waals surface area (Å²) in [6.07, 6.45) is -0.920. The van der Waals surface area contributed by atoms with Crippen LogP contribution in [0, 0.1) is 5.82 Å². The van der Waals surface area contributed by atoms with Crippen LogP contribution in [0.5, 0.6) is 23.0 Å². The summed E-state index contributed by atoms with van der Waals surface area (Å²) in [6.45, 7) is 0. The van der Waals surface area contributed by atoms with Gasteiger partial charge in [0.2, 0.25) is 5.75 Å². The fourth-order valence-corrected chi connectivity index (χ4v) is 3.92. The predicted molar refractivity (Wildman–Crippen MR) is 129 cm³/mol. The highest BCUT2D eigenvalue weighted by atomic mass is 32.2. The lowest BCUT2D eigenvalue weighted by molar-refractivity contribution is -0.137. The van der Waals surface area contributed by atoms with Gasteiger partial charge in [0.1, 0.15) is 0 Å². The van der Waals surface area contributed by atoms with Crippen LogP contribution in [0.1, 0.15) is 16.7 Å². The Hall–Kier alpha value is -3.53. The zero-order valence-electron chi connectivity index (χ0n) is 19.3. The number of methoxy groups -OCH3 is 4. The SMILES string of the molecule is COc1cc(/C=C\c2ccc(F)c(OC)c2NSc2ccc(C(F)(F)F)cc2)cc(OC)c1OC. The lowest BCUT2D eigenvalue weighted by atomic mass is 10.1. The second kappa shape index (κ2) is 11.3. The van der Waals surface area contributed by atoms with Crippen LogP contribution in [0.15, 0.2) is 53.4 Å². The van der Waals surface area contributed by atoms with E-state index in [1.54, 1.807) is 30.4 Å². The van der Waals surface area contributed by atoms with E-state index in [1.165, 1.54) is 46.6 Å². The Morgan fingerprint density at radius 3 is 1.89 bits per heavy atom. The standard InChI is InChI=1S/C25H23F4NO4S/c1-31-20-13-15(14-21(32-2)24(20)34-4)5-6-16-7-12-19(26)23(33-3)22(16)30-35-18-10-8-17(9-11-18)25(27,28)29/h5-14,30H,1-4H3/b6-5-. The Balaban J connectivity index is 1.92. The van der Waals surface area contributed by atoms with E-state index in [0.29, 0.717) is 33.4 Å². The fourth-order valence-electron chi connectivity index (χ4n) is 3.22. The number of benzene rings is 3. The average molecular weight is 510 g/mol. The molecule has 0 saturated heterocycles.